The van der Waals surface area contributed by atoms with Crippen molar-refractivity contribution >= 4 is 11.1 Å². The number of pyridine rings is 1. The van der Waals surface area contributed by atoms with E-state index in [1.807, 2.05) is 6.20 Å². The van der Waals surface area contributed by atoms with Gasteiger partial charge in [-0.1, -0.05) is 43.3 Å². The normalized spacial score (nSPS) is 13.9. The van der Waals surface area contributed by atoms with E-state index in [4.69, 9.17) is 9.40 Å². The molecule has 140 valence electrons. The maximum Gasteiger partial charge on any atom is 0.199 e. The van der Waals surface area contributed by atoms with Gasteiger partial charge in [-0.15, -0.1) is 0 Å². The van der Waals surface area contributed by atoms with Gasteiger partial charge in [-0.25, -0.2) is 4.98 Å². The zero-order valence-corrected chi connectivity index (χ0v) is 16.2. The van der Waals surface area contributed by atoms with Crippen LogP contribution in [0.15, 0.2) is 65.2 Å². The quantitative estimate of drug-likeness (QED) is 0.470. The molecular formula is C25H24N2O. The van der Waals surface area contributed by atoms with Crippen molar-refractivity contribution in [3.63, 3.8) is 0 Å². The van der Waals surface area contributed by atoms with E-state index in [0.717, 1.165) is 54.8 Å². The largest absolute Gasteiger partial charge is 0.440 e. The van der Waals surface area contributed by atoms with Crippen LogP contribution in [0.3, 0.4) is 0 Å². The van der Waals surface area contributed by atoms with Crippen LogP contribution in [0.25, 0.3) is 11.1 Å². The lowest BCUT2D eigenvalue weighted by molar-refractivity contribution is 0.478. The summed E-state index contributed by atoms with van der Waals surface area (Å²) in [7, 11) is 0. The molecule has 2 heterocycles. The minimum Gasteiger partial charge on any atom is -0.440 e. The number of aryl methyl sites for hydroxylation is 3. The van der Waals surface area contributed by atoms with E-state index in [1.54, 1.807) is 0 Å². The molecule has 0 saturated carbocycles. The Balaban J connectivity index is 1.31. The Morgan fingerprint density at radius 3 is 2.43 bits per heavy atom. The third-order valence-corrected chi connectivity index (χ3v) is 5.83. The average Bonchev–Trinajstić information content (AvgIpc) is 3.36. The van der Waals surface area contributed by atoms with E-state index >= 15 is 0 Å². The first-order valence-corrected chi connectivity index (χ1v) is 10.2. The molecule has 1 aliphatic rings. The van der Waals surface area contributed by atoms with E-state index in [9.17, 15) is 0 Å². The van der Waals surface area contributed by atoms with Gasteiger partial charge in [0.05, 0.1) is 0 Å². The first-order valence-electron chi connectivity index (χ1n) is 10.2. The fourth-order valence-electron chi connectivity index (χ4n) is 4.14. The Labute approximate surface area is 165 Å². The van der Waals surface area contributed by atoms with Gasteiger partial charge in [-0.05, 0) is 72.6 Å². The zero-order valence-electron chi connectivity index (χ0n) is 16.2. The summed E-state index contributed by atoms with van der Waals surface area (Å²) in [5, 5.41) is 0. The number of rotatable bonds is 5. The maximum absolute atomic E-state index is 6.10. The summed E-state index contributed by atoms with van der Waals surface area (Å²) < 4.78 is 6.10. The average molecular weight is 368 g/mol. The molecule has 2 aromatic heterocycles. The monoisotopic (exact) mass is 368 g/mol. The van der Waals surface area contributed by atoms with Gasteiger partial charge in [0.25, 0.3) is 0 Å². The molecule has 1 aliphatic carbocycles. The van der Waals surface area contributed by atoms with Gasteiger partial charge in [0, 0.05) is 17.8 Å². The van der Waals surface area contributed by atoms with Crippen LogP contribution < -0.4 is 0 Å². The highest BCUT2D eigenvalue weighted by atomic mass is 16.3. The molecule has 2 aromatic carbocycles. The Morgan fingerprint density at radius 2 is 1.71 bits per heavy atom. The lowest BCUT2D eigenvalue weighted by Gasteiger charge is -2.02. The summed E-state index contributed by atoms with van der Waals surface area (Å²) in [6.07, 6.45) is 6.97. The number of hydrogen-bond donors (Lipinski definition) is 0. The van der Waals surface area contributed by atoms with E-state index in [2.05, 4.69) is 66.5 Å². The summed E-state index contributed by atoms with van der Waals surface area (Å²) in [6.45, 7) is 2.16. The Hall–Kier alpha value is -2.94. The van der Waals surface area contributed by atoms with Crippen LogP contribution in [0.2, 0.25) is 0 Å². The molecule has 0 unspecified atom stereocenters. The van der Waals surface area contributed by atoms with Crippen LogP contribution in [0, 0.1) is 0 Å². The number of benzene rings is 2. The first kappa shape index (κ1) is 17.2. The van der Waals surface area contributed by atoms with Crippen LogP contribution in [0.4, 0.5) is 0 Å². The van der Waals surface area contributed by atoms with Crippen LogP contribution in [-0.4, -0.2) is 9.97 Å². The fraction of sp³-hybridized carbons (Fsp3) is 0.280. The third-order valence-electron chi connectivity index (χ3n) is 5.83. The second kappa shape index (κ2) is 7.23. The Morgan fingerprint density at radius 1 is 0.929 bits per heavy atom. The van der Waals surface area contributed by atoms with Crippen molar-refractivity contribution < 1.29 is 4.42 Å². The molecule has 0 aliphatic heterocycles. The molecule has 0 amide bonds. The molecule has 0 bridgehead atoms. The molecular weight excluding hydrogens is 344 g/mol. The van der Waals surface area contributed by atoms with Crippen LogP contribution in [-0.2, 0) is 32.1 Å². The first-order chi connectivity index (χ1) is 13.8. The van der Waals surface area contributed by atoms with Crippen LogP contribution >= 0.6 is 0 Å². The molecule has 0 radical (unpaired) electrons. The minimum atomic E-state index is 0.356. The van der Waals surface area contributed by atoms with E-state index in [1.165, 1.54) is 22.3 Å². The van der Waals surface area contributed by atoms with Gasteiger partial charge >= 0.3 is 0 Å². The summed E-state index contributed by atoms with van der Waals surface area (Å²) in [4.78, 5) is 9.40. The highest BCUT2D eigenvalue weighted by Gasteiger charge is 2.26. The second-order valence-corrected chi connectivity index (χ2v) is 7.74. The van der Waals surface area contributed by atoms with Gasteiger partial charge < -0.3 is 4.42 Å². The van der Waals surface area contributed by atoms with Crippen LogP contribution in [0.5, 0.6) is 0 Å². The van der Waals surface area contributed by atoms with Crippen molar-refractivity contribution in [2.75, 3.05) is 0 Å². The standard InChI is InChI=1S/C25H24N2O/c1-2-17-7-10-22(26-16-17)11-8-18-9-12-24-23(13-18)27-25(28-24)21-14-19-5-3-4-6-20(19)15-21/h3-7,9-10,12-13,16,21H,2,8,11,14-15H2,1H3. The van der Waals surface area contributed by atoms with Gasteiger partial charge in [0.15, 0.2) is 11.5 Å². The van der Waals surface area contributed by atoms with E-state index < -0.39 is 0 Å². The summed E-state index contributed by atoms with van der Waals surface area (Å²) in [5.74, 6) is 1.23. The maximum atomic E-state index is 6.10. The van der Waals surface area contributed by atoms with E-state index in [-0.39, 0.29) is 0 Å². The molecule has 0 N–H and O–H groups in total. The van der Waals surface area contributed by atoms with Crippen molar-refractivity contribution in [2.45, 2.75) is 44.9 Å². The highest BCUT2D eigenvalue weighted by Crippen LogP contribution is 2.34. The SMILES string of the molecule is CCc1ccc(CCc2ccc3oc(C4Cc5ccccc5C4)nc3c2)nc1. The lowest BCUT2D eigenvalue weighted by Crippen LogP contribution is -1.97. The Kier molecular flexibility index (Phi) is 4.44. The number of hydrogen-bond acceptors (Lipinski definition) is 3. The predicted octanol–water partition coefficient (Wildman–Crippen LogP) is 5.45. The molecule has 5 rings (SSSR count). The smallest absolute Gasteiger partial charge is 0.199 e. The number of nitrogens with zero attached hydrogens (tertiary/aromatic N) is 2. The summed E-state index contributed by atoms with van der Waals surface area (Å²) >= 11 is 0. The van der Waals surface area contributed by atoms with Gasteiger partial charge in [-0.3, -0.25) is 4.98 Å². The molecule has 0 saturated heterocycles. The number of oxazole rings is 1. The second-order valence-electron chi connectivity index (χ2n) is 7.74. The van der Waals surface area contributed by atoms with Crippen molar-refractivity contribution in [2.24, 2.45) is 0 Å². The van der Waals surface area contributed by atoms with Crippen molar-refractivity contribution in [3.8, 4) is 0 Å². The van der Waals surface area contributed by atoms with E-state index in [0.29, 0.717) is 5.92 Å². The topological polar surface area (TPSA) is 38.9 Å². The van der Waals surface area contributed by atoms with Crippen molar-refractivity contribution in [1.82, 2.24) is 9.97 Å². The zero-order chi connectivity index (χ0) is 18.9. The lowest BCUT2D eigenvalue weighted by atomic mass is 10.1. The molecule has 4 aromatic rings. The molecule has 28 heavy (non-hydrogen) atoms. The molecule has 0 atom stereocenters. The molecule has 0 fully saturated rings. The highest BCUT2D eigenvalue weighted by molar-refractivity contribution is 5.73. The molecule has 3 heteroatoms. The summed E-state index contributed by atoms with van der Waals surface area (Å²) in [6, 6.07) is 19.4. The summed E-state index contributed by atoms with van der Waals surface area (Å²) in [5.41, 5.74) is 8.42. The number of aromatic nitrogens is 2. The van der Waals surface area contributed by atoms with Crippen molar-refractivity contribution in [3.05, 3.63) is 94.6 Å². The van der Waals surface area contributed by atoms with Gasteiger partial charge in [0.1, 0.15) is 5.52 Å². The minimum absolute atomic E-state index is 0.356. The fourth-order valence-corrected chi connectivity index (χ4v) is 4.14. The number of fused-ring (bicyclic) bond motifs is 2. The van der Waals surface area contributed by atoms with Crippen molar-refractivity contribution in [1.29, 1.82) is 0 Å². The third kappa shape index (κ3) is 3.33. The predicted molar refractivity (Wildman–Crippen MR) is 112 cm³/mol. The van der Waals surface area contributed by atoms with Crippen LogP contribution in [0.1, 0.15) is 46.7 Å². The molecule has 0 spiro atoms. The van der Waals surface area contributed by atoms with Gasteiger partial charge in [-0.2, -0.15) is 0 Å². The Bertz CT molecular complexity index is 1090. The molecule has 3 nitrogen and oxygen atoms in total. The van der Waals surface area contributed by atoms with Gasteiger partial charge in [0.2, 0.25) is 0 Å².